The summed E-state index contributed by atoms with van der Waals surface area (Å²) in [6.45, 7) is 1.88. The summed E-state index contributed by atoms with van der Waals surface area (Å²) < 4.78 is 5.03. The highest BCUT2D eigenvalue weighted by Gasteiger charge is 2.14. The highest BCUT2D eigenvalue weighted by atomic mass is 35.5. The number of nitrogens with one attached hydrogen (secondary N) is 1. The van der Waals surface area contributed by atoms with Crippen molar-refractivity contribution in [1.82, 2.24) is 5.32 Å². The van der Waals surface area contributed by atoms with Crippen LogP contribution in [0.2, 0.25) is 0 Å². The normalized spacial score (nSPS) is 12.2. The lowest BCUT2D eigenvalue weighted by Crippen LogP contribution is -2.32. The third-order valence-corrected chi connectivity index (χ3v) is 2.94. The van der Waals surface area contributed by atoms with Crippen LogP contribution >= 0.6 is 23.2 Å². The van der Waals surface area contributed by atoms with Gasteiger partial charge in [0.15, 0.2) is 0 Å². The number of benzene rings is 1. The Kier molecular flexibility index (Phi) is 6.16. The van der Waals surface area contributed by atoms with E-state index in [-0.39, 0.29) is 17.8 Å². The van der Waals surface area contributed by atoms with E-state index >= 15 is 0 Å². The van der Waals surface area contributed by atoms with Gasteiger partial charge in [-0.3, -0.25) is 0 Å². The summed E-state index contributed by atoms with van der Waals surface area (Å²) in [6.07, 6.45) is -0.964. The van der Waals surface area contributed by atoms with Crippen LogP contribution in [0.25, 0.3) is 0 Å². The Hall–Kier alpha value is -0.930. The molecule has 1 aromatic carbocycles. The first-order chi connectivity index (χ1) is 8.17. The van der Waals surface area contributed by atoms with Crippen molar-refractivity contribution in [1.29, 1.82) is 0 Å². The first-order valence-electron chi connectivity index (χ1n) is 5.31. The summed E-state index contributed by atoms with van der Waals surface area (Å²) >= 11 is 11.2. The van der Waals surface area contributed by atoms with E-state index in [1.54, 1.807) is 0 Å². The third kappa shape index (κ3) is 4.84. The molecule has 1 atom stereocenters. The second kappa shape index (κ2) is 7.41. The molecule has 0 bridgehead atoms. The summed E-state index contributed by atoms with van der Waals surface area (Å²) in [5.74, 6) is 0.382. The van der Waals surface area contributed by atoms with Crippen molar-refractivity contribution in [2.45, 2.75) is 19.1 Å². The molecule has 0 aromatic heterocycles. The quantitative estimate of drug-likeness (QED) is 0.838. The van der Waals surface area contributed by atoms with Gasteiger partial charge >= 0.3 is 6.09 Å². The van der Waals surface area contributed by atoms with Crippen LogP contribution in [0.3, 0.4) is 0 Å². The van der Waals surface area contributed by atoms with Gasteiger partial charge in [-0.15, -0.1) is 23.2 Å². The second-order valence-electron chi connectivity index (χ2n) is 3.61. The van der Waals surface area contributed by atoms with Crippen molar-refractivity contribution in [3.05, 3.63) is 35.9 Å². The van der Waals surface area contributed by atoms with E-state index < -0.39 is 12.2 Å². The van der Waals surface area contributed by atoms with Gasteiger partial charge in [-0.05, 0) is 12.5 Å². The Labute approximate surface area is 111 Å². The number of halogens is 2. The number of amides is 1. The van der Waals surface area contributed by atoms with Gasteiger partial charge in [-0.2, -0.15) is 0 Å². The molecule has 0 heterocycles. The number of rotatable bonds is 5. The number of hydrogen-bond acceptors (Lipinski definition) is 2. The molecular formula is C12H15Cl2NO2. The fourth-order valence-electron chi connectivity index (χ4n) is 1.29. The average Bonchev–Trinajstić information content (AvgIpc) is 2.37. The Morgan fingerprint density at radius 3 is 2.41 bits per heavy atom. The van der Waals surface area contributed by atoms with Crippen molar-refractivity contribution in [3.63, 3.8) is 0 Å². The molecule has 0 aliphatic heterocycles. The van der Waals surface area contributed by atoms with Crippen molar-refractivity contribution >= 4 is 29.3 Å². The molecule has 0 aliphatic rings. The minimum atomic E-state index is -0.507. The van der Waals surface area contributed by atoms with Gasteiger partial charge in [0.1, 0.15) is 6.10 Å². The molecule has 1 aromatic rings. The Bertz CT molecular complexity index is 342. The maximum Gasteiger partial charge on any atom is 0.407 e. The van der Waals surface area contributed by atoms with E-state index in [0.29, 0.717) is 0 Å². The fourth-order valence-corrected chi connectivity index (χ4v) is 1.75. The zero-order valence-electron chi connectivity index (χ0n) is 9.53. The van der Waals surface area contributed by atoms with E-state index in [1.807, 2.05) is 37.3 Å². The van der Waals surface area contributed by atoms with Crippen LogP contribution < -0.4 is 5.32 Å². The Balaban J connectivity index is 2.46. The average molecular weight is 276 g/mol. The predicted octanol–water partition coefficient (Wildman–Crippen LogP) is 3.32. The van der Waals surface area contributed by atoms with E-state index in [4.69, 9.17) is 27.9 Å². The summed E-state index contributed by atoms with van der Waals surface area (Å²) in [5.41, 5.74) is 1.01. The first kappa shape index (κ1) is 14.1. The van der Waals surface area contributed by atoms with E-state index in [0.717, 1.165) is 5.56 Å². The van der Waals surface area contributed by atoms with Crippen LogP contribution in [0.1, 0.15) is 18.5 Å². The zero-order valence-corrected chi connectivity index (χ0v) is 11.0. The number of alkyl halides is 2. The summed E-state index contributed by atoms with van der Waals surface area (Å²) in [4.78, 5) is 11.5. The molecule has 1 unspecified atom stereocenters. The van der Waals surface area contributed by atoms with Crippen LogP contribution in [-0.2, 0) is 4.74 Å². The van der Waals surface area contributed by atoms with Crippen LogP contribution in [0.4, 0.5) is 4.79 Å². The number of carbonyl (C=O) groups excluding carboxylic acids is 1. The Morgan fingerprint density at radius 1 is 1.29 bits per heavy atom. The number of hydrogen-bond donors (Lipinski definition) is 1. The summed E-state index contributed by atoms with van der Waals surface area (Å²) in [7, 11) is 0. The molecule has 17 heavy (non-hydrogen) atoms. The van der Waals surface area contributed by atoms with Crippen LogP contribution in [0.5, 0.6) is 0 Å². The van der Waals surface area contributed by atoms with Gasteiger partial charge in [-0.25, -0.2) is 4.79 Å². The number of alkyl carbamates (subject to hydrolysis) is 1. The smallest absolute Gasteiger partial charge is 0.407 e. The molecule has 1 amide bonds. The maximum absolute atomic E-state index is 11.5. The third-order valence-electron chi connectivity index (χ3n) is 2.25. The molecule has 5 heteroatoms. The highest BCUT2D eigenvalue weighted by Crippen LogP contribution is 2.11. The van der Waals surface area contributed by atoms with Gasteiger partial charge in [0.25, 0.3) is 0 Å². The Morgan fingerprint density at radius 2 is 1.88 bits per heavy atom. The molecule has 0 fully saturated rings. The standard InChI is InChI=1S/C12H15Cl2NO2/c1-9(10-5-3-2-4-6-10)15-12(16)17-11(7-13)8-14/h2-6,9,11H,7-8H2,1H3,(H,15,16). The van der Waals surface area contributed by atoms with Gasteiger partial charge in [0, 0.05) is 0 Å². The van der Waals surface area contributed by atoms with Gasteiger partial charge < -0.3 is 10.1 Å². The molecule has 0 saturated heterocycles. The lowest BCUT2D eigenvalue weighted by molar-refractivity contribution is 0.115. The minimum Gasteiger partial charge on any atom is -0.444 e. The maximum atomic E-state index is 11.5. The largest absolute Gasteiger partial charge is 0.444 e. The molecular weight excluding hydrogens is 261 g/mol. The highest BCUT2D eigenvalue weighted by molar-refractivity contribution is 6.21. The molecule has 0 spiro atoms. The molecule has 0 radical (unpaired) electrons. The SMILES string of the molecule is CC(NC(=O)OC(CCl)CCl)c1ccccc1. The van der Waals surface area contributed by atoms with Gasteiger partial charge in [0.2, 0.25) is 0 Å². The lowest BCUT2D eigenvalue weighted by atomic mass is 10.1. The minimum absolute atomic E-state index is 0.116. The van der Waals surface area contributed by atoms with Crippen molar-refractivity contribution in [2.24, 2.45) is 0 Å². The molecule has 1 rings (SSSR count). The first-order valence-corrected chi connectivity index (χ1v) is 6.38. The molecule has 94 valence electrons. The zero-order chi connectivity index (χ0) is 12.7. The molecule has 0 aliphatic carbocycles. The fraction of sp³-hybridized carbons (Fsp3) is 0.417. The van der Waals surface area contributed by atoms with Crippen LogP contribution in [0.15, 0.2) is 30.3 Å². The topological polar surface area (TPSA) is 38.3 Å². The molecule has 3 nitrogen and oxygen atoms in total. The van der Waals surface area contributed by atoms with Crippen LogP contribution in [0, 0.1) is 0 Å². The van der Waals surface area contributed by atoms with Crippen molar-refractivity contribution in [3.8, 4) is 0 Å². The van der Waals surface area contributed by atoms with Gasteiger partial charge in [-0.1, -0.05) is 30.3 Å². The lowest BCUT2D eigenvalue weighted by Gasteiger charge is -2.17. The summed E-state index contributed by atoms with van der Waals surface area (Å²) in [6, 6.07) is 9.51. The summed E-state index contributed by atoms with van der Waals surface area (Å²) in [5, 5.41) is 2.72. The molecule has 0 saturated carbocycles. The van der Waals surface area contributed by atoms with Crippen LogP contribution in [-0.4, -0.2) is 24.0 Å². The van der Waals surface area contributed by atoms with E-state index in [1.165, 1.54) is 0 Å². The van der Waals surface area contributed by atoms with Crippen molar-refractivity contribution < 1.29 is 9.53 Å². The van der Waals surface area contributed by atoms with Crippen molar-refractivity contribution in [2.75, 3.05) is 11.8 Å². The predicted molar refractivity (Wildman–Crippen MR) is 69.7 cm³/mol. The monoisotopic (exact) mass is 275 g/mol. The molecule has 1 N–H and O–H groups in total. The number of carbonyl (C=O) groups is 1. The number of ether oxygens (including phenoxy) is 1. The second-order valence-corrected chi connectivity index (χ2v) is 4.23. The van der Waals surface area contributed by atoms with E-state index in [2.05, 4.69) is 5.32 Å². The van der Waals surface area contributed by atoms with Gasteiger partial charge in [0.05, 0.1) is 17.8 Å². The van der Waals surface area contributed by atoms with E-state index in [9.17, 15) is 4.79 Å².